The molecule has 2 aromatic carbocycles. The van der Waals surface area contributed by atoms with Gasteiger partial charge in [-0.1, -0.05) is 55.7 Å². The van der Waals surface area contributed by atoms with Crippen LogP contribution in [0.2, 0.25) is 18.1 Å². The van der Waals surface area contributed by atoms with Crippen LogP contribution in [-0.2, 0) is 0 Å². The van der Waals surface area contributed by atoms with E-state index < -0.39 is 24.0 Å². The average molecular weight is 395 g/mol. The number of alkyl halides is 2. The minimum Gasteiger partial charge on any atom is -0.429 e. The molecule has 0 spiro atoms. The van der Waals surface area contributed by atoms with E-state index in [2.05, 4.69) is 11.7 Å². The van der Waals surface area contributed by atoms with Crippen LogP contribution in [0.4, 0.5) is 17.6 Å². The zero-order valence-electron chi connectivity index (χ0n) is 15.3. The molecule has 145 valence electrons. The van der Waals surface area contributed by atoms with Gasteiger partial charge in [-0.25, -0.2) is 8.78 Å². The average Bonchev–Trinajstić information content (AvgIpc) is 2.65. The summed E-state index contributed by atoms with van der Waals surface area (Å²) in [6.07, 6.45) is 3.72. The van der Waals surface area contributed by atoms with Crippen LogP contribution in [0.25, 0.3) is 11.1 Å². The van der Waals surface area contributed by atoms with E-state index >= 15 is 0 Å². The molecule has 0 saturated carbocycles. The minimum atomic E-state index is -3.27. The van der Waals surface area contributed by atoms with Crippen LogP contribution in [-0.4, -0.2) is 15.4 Å². The minimum absolute atomic E-state index is 0.160. The first-order valence-electron chi connectivity index (χ1n) is 9.35. The number of ether oxygens (including phenoxy) is 1. The molecule has 0 amide bonds. The van der Waals surface area contributed by atoms with E-state index in [0.29, 0.717) is 17.0 Å². The number of benzene rings is 2. The summed E-state index contributed by atoms with van der Waals surface area (Å²) in [5.41, 5.74) is 2.21. The van der Waals surface area contributed by atoms with Crippen molar-refractivity contribution in [2.45, 2.75) is 56.8 Å². The first kappa shape index (κ1) is 19.9. The van der Waals surface area contributed by atoms with Crippen LogP contribution in [0.1, 0.15) is 37.7 Å². The maximum Gasteiger partial charge on any atom is 0.387 e. The van der Waals surface area contributed by atoms with Gasteiger partial charge in [-0.3, -0.25) is 0 Å². The van der Waals surface area contributed by atoms with E-state index in [4.69, 9.17) is 0 Å². The molecule has 1 heterocycles. The Morgan fingerprint density at radius 1 is 1.00 bits per heavy atom. The largest absolute Gasteiger partial charge is 0.429 e. The van der Waals surface area contributed by atoms with Gasteiger partial charge in [0, 0.05) is 8.80 Å². The fraction of sp³-hybridized carbons (Fsp3) is 0.429. The van der Waals surface area contributed by atoms with E-state index in [9.17, 15) is 17.6 Å². The molecule has 0 aromatic heterocycles. The third-order valence-corrected chi connectivity index (χ3v) is 8.42. The molecule has 6 heteroatoms. The van der Waals surface area contributed by atoms with E-state index in [-0.39, 0.29) is 8.80 Å². The van der Waals surface area contributed by atoms with Crippen molar-refractivity contribution in [3.8, 4) is 16.9 Å². The highest BCUT2D eigenvalue weighted by molar-refractivity contribution is 6.59. The van der Waals surface area contributed by atoms with Gasteiger partial charge in [0.2, 0.25) is 0 Å². The van der Waals surface area contributed by atoms with Crippen LogP contribution in [0.15, 0.2) is 36.4 Å². The first-order valence-corrected chi connectivity index (χ1v) is 11.5. The van der Waals surface area contributed by atoms with Gasteiger partial charge in [0.15, 0.2) is 17.4 Å². The third-order valence-electron chi connectivity index (χ3n) is 5.22. The standard InChI is InChI=1S/C21H23F4OSi/c1-2-9-27-10-7-16(8-11-27)14-3-5-15(6-4-14)17-12-18(22)20(19(23)13-17)26-21(24)25/h3-6,12-13,16,21H,2,7-11H2,1H3. The normalized spacial score (nSPS) is 16.1. The Morgan fingerprint density at radius 2 is 1.59 bits per heavy atom. The summed E-state index contributed by atoms with van der Waals surface area (Å²) < 4.78 is 56.2. The van der Waals surface area contributed by atoms with Gasteiger partial charge in [-0.15, -0.1) is 0 Å². The summed E-state index contributed by atoms with van der Waals surface area (Å²) in [6.45, 7) is -1.02. The van der Waals surface area contributed by atoms with Crippen molar-refractivity contribution in [2.24, 2.45) is 0 Å². The summed E-state index contributed by atoms with van der Waals surface area (Å²) in [5.74, 6) is -2.75. The predicted molar refractivity (Wildman–Crippen MR) is 101 cm³/mol. The first-order chi connectivity index (χ1) is 13.0. The monoisotopic (exact) mass is 395 g/mol. The van der Waals surface area contributed by atoms with Crippen molar-refractivity contribution in [2.75, 3.05) is 0 Å². The summed E-state index contributed by atoms with van der Waals surface area (Å²) in [6, 6.07) is 13.9. The molecule has 0 aliphatic carbocycles. The molecule has 1 fully saturated rings. The molecule has 2 aromatic rings. The second-order valence-electron chi connectivity index (χ2n) is 7.04. The smallest absolute Gasteiger partial charge is 0.387 e. The van der Waals surface area contributed by atoms with Gasteiger partial charge in [0.1, 0.15) is 0 Å². The van der Waals surface area contributed by atoms with Gasteiger partial charge in [-0.2, -0.15) is 8.78 Å². The summed E-state index contributed by atoms with van der Waals surface area (Å²) in [7, 11) is -0.160. The molecule has 27 heavy (non-hydrogen) atoms. The lowest BCUT2D eigenvalue weighted by molar-refractivity contribution is -0.0546. The summed E-state index contributed by atoms with van der Waals surface area (Å²) >= 11 is 0. The van der Waals surface area contributed by atoms with Crippen molar-refractivity contribution < 1.29 is 22.3 Å². The van der Waals surface area contributed by atoms with E-state index in [1.807, 2.05) is 24.3 Å². The highest BCUT2D eigenvalue weighted by atomic mass is 28.3. The zero-order chi connectivity index (χ0) is 19.4. The lowest BCUT2D eigenvalue weighted by atomic mass is 9.92. The Hall–Kier alpha value is -1.82. The fourth-order valence-electron chi connectivity index (χ4n) is 3.84. The Bertz CT molecular complexity index is 732. The molecule has 1 aliphatic heterocycles. The number of rotatable bonds is 6. The molecule has 0 atom stereocenters. The number of hydrogen-bond acceptors (Lipinski definition) is 1. The van der Waals surface area contributed by atoms with Gasteiger partial charge < -0.3 is 4.74 Å². The predicted octanol–water partition coefficient (Wildman–Crippen LogP) is 7.02. The molecular weight excluding hydrogens is 372 g/mol. The van der Waals surface area contributed by atoms with Crippen LogP contribution in [0.5, 0.6) is 5.75 Å². The van der Waals surface area contributed by atoms with E-state index in [0.717, 1.165) is 12.1 Å². The van der Waals surface area contributed by atoms with Gasteiger partial charge in [-0.05, 0) is 47.6 Å². The van der Waals surface area contributed by atoms with Crippen LogP contribution >= 0.6 is 0 Å². The topological polar surface area (TPSA) is 9.23 Å². The van der Waals surface area contributed by atoms with Crippen LogP contribution in [0.3, 0.4) is 0 Å². The van der Waals surface area contributed by atoms with Gasteiger partial charge >= 0.3 is 6.61 Å². The Kier molecular flexibility index (Phi) is 6.58. The highest BCUT2D eigenvalue weighted by Gasteiger charge is 2.23. The van der Waals surface area contributed by atoms with E-state index in [1.165, 1.54) is 43.0 Å². The Labute approximate surface area is 159 Å². The molecule has 3 rings (SSSR count). The molecule has 1 aliphatic rings. The van der Waals surface area contributed by atoms with Gasteiger partial charge in [0.25, 0.3) is 0 Å². The van der Waals surface area contributed by atoms with Gasteiger partial charge in [0.05, 0.1) is 0 Å². The molecular formula is C21H23F4OSi. The summed E-state index contributed by atoms with van der Waals surface area (Å²) in [4.78, 5) is 0. The second-order valence-corrected chi connectivity index (χ2v) is 10.0. The van der Waals surface area contributed by atoms with Crippen molar-refractivity contribution in [3.05, 3.63) is 53.6 Å². The number of halogens is 4. The lowest BCUT2D eigenvalue weighted by Crippen LogP contribution is -2.19. The lowest BCUT2D eigenvalue weighted by Gasteiger charge is -2.27. The molecule has 1 radical (unpaired) electrons. The second kappa shape index (κ2) is 8.91. The maximum absolute atomic E-state index is 13.9. The maximum atomic E-state index is 13.9. The molecule has 0 N–H and O–H groups in total. The number of hydrogen-bond donors (Lipinski definition) is 0. The molecule has 0 unspecified atom stereocenters. The zero-order valence-corrected chi connectivity index (χ0v) is 16.3. The fourth-order valence-corrected chi connectivity index (χ4v) is 6.81. The van der Waals surface area contributed by atoms with Crippen LogP contribution in [0, 0.1) is 11.6 Å². The van der Waals surface area contributed by atoms with Crippen molar-refractivity contribution >= 4 is 8.80 Å². The molecule has 1 nitrogen and oxygen atoms in total. The highest BCUT2D eigenvalue weighted by Crippen LogP contribution is 2.36. The van der Waals surface area contributed by atoms with Crippen LogP contribution < -0.4 is 4.74 Å². The SMILES string of the molecule is CCC[Si]1CCC(c2ccc(-c3cc(F)c(OC(F)F)c(F)c3)cc2)CC1. The van der Waals surface area contributed by atoms with Crippen molar-refractivity contribution in [1.82, 2.24) is 0 Å². The Balaban J connectivity index is 1.72. The summed E-state index contributed by atoms with van der Waals surface area (Å²) in [5, 5.41) is 0. The van der Waals surface area contributed by atoms with Crippen molar-refractivity contribution in [3.63, 3.8) is 0 Å². The Morgan fingerprint density at radius 3 is 2.11 bits per heavy atom. The van der Waals surface area contributed by atoms with E-state index in [1.54, 1.807) is 0 Å². The molecule has 0 bridgehead atoms. The quantitative estimate of drug-likeness (QED) is 0.377. The third kappa shape index (κ3) is 4.92. The molecule has 1 saturated heterocycles. The van der Waals surface area contributed by atoms with Crippen molar-refractivity contribution in [1.29, 1.82) is 0 Å².